The predicted molar refractivity (Wildman–Crippen MR) is 123 cm³/mol. The minimum atomic E-state index is -0.516. The maximum absolute atomic E-state index is 12.8. The summed E-state index contributed by atoms with van der Waals surface area (Å²) in [5, 5.41) is 12.4. The molecular formula is C25H23N3O5. The standard InChI is InChI=1S/C25H23N3O5/c1-15-9-17(16(2)28(15)20-6-8-22-24(12-20)33-14-32-22)10-18(13-26)25(29)27-19-5-7-21(30-3)23(11-19)31-4/h5-12H,14H2,1-4H3,(H,27,29)/b18-10+. The highest BCUT2D eigenvalue weighted by Gasteiger charge is 2.18. The molecule has 0 aliphatic carbocycles. The number of carbonyl (C=O) groups is 1. The Labute approximate surface area is 191 Å². The molecular weight excluding hydrogens is 422 g/mol. The van der Waals surface area contributed by atoms with Gasteiger partial charge in [0.05, 0.1) is 14.2 Å². The minimum absolute atomic E-state index is 0.0179. The maximum atomic E-state index is 12.8. The first-order valence-electron chi connectivity index (χ1n) is 10.2. The molecule has 0 spiro atoms. The number of fused-ring (bicyclic) bond motifs is 1. The number of ether oxygens (including phenoxy) is 4. The van der Waals surface area contributed by atoms with Crippen molar-refractivity contribution in [2.45, 2.75) is 13.8 Å². The molecule has 0 saturated heterocycles. The van der Waals surface area contributed by atoms with Crippen LogP contribution in [0.3, 0.4) is 0 Å². The fourth-order valence-electron chi connectivity index (χ4n) is 3.77. The Morgan fingerprint density at radius 2 is 1.82 bits per heavy atom. The Balaban J connectivity index is 1.62. The van der Waals surface area contributed by atoms with Crippen molar-refractivity contribution < 1.29 is 23.7 Å². The molecule has 1 amide bonds. The lowest BCUT2D eigenvalue weighted by Crippen LogP contribution is -2.13. The van der Waals surface area contributed by atoms with Gasteiger partial charge in [0.1, 0.15) is 11.6 Å². The summed E-state index contributed by atoms with van der Waals surface area (Å²) in [6, 6.07) is 14.6. The normalized spacial score (nSPS) is 12.3. The van der Waals surface area contributed by atoms with Crippen molar-refractivity contribution in [3.63, 3.8) is 0 Å². The zero-order valence-corrected chi connectivity index (χ0v) is 18.8. The van der Waals surface area contributed by atoms with Crippen LogP contribution in [-0.4, -0.2) is 31.5 Å². The van der Waals surface area contributed by atoms with Crippen molar-refractivity contribution in [2.24, 2.45) is 0 Å². The summed E-state index contributed by atoms with van der Waals surface area (Å²) in [7, 11) is 3.05. The Kier molecular flexibility index (Phi) is 5.96. The number of carbonyl (C=O) groups excluding carboxylic acids is 1. The van der Waals surface area contributed by atoms with E-state index in [4.69, 9.17) is 18.9 Å². The lowest BCUT2D eigenvalue weighted by molar-refractivity contribution is -0.112. The Hall–Kier alpha value is -4.38. The van der Waals surface area contributed by atoms with Crippen LogP contribution in [0.25, 0.3) is 11.8 Å². The maximum Gasteiger partial charge on any atom is 0.266 e. The molecule has 1 aliphatic heterocycles. The minimum Gasteiger partial charge on any atom is -0.493 e. The van der Waals surface area contributed by atoms with Gasteiger partial charge in [-0.2, -0.15) is 5.26 Å². The highest BCUT2D eigenvalue weighted by molar-refractivity contribution is 6.09. The second-order valence-electron chi connectivity index (χ2n) is 7.39. The molecule has 0 saturated carbocycles. The number of amides is 1. The average Bonchev–Trinajstić information content (AvgIpc) is 3.40. The van der Waals surface area contributed by atoms with E-state index in [1.165, 1.54) is 14.2 Å². The summed E-state index contributed by atoms with van der Waals surface area (Å²) >= 11 is 0. The Morgan fingerprint density at radius 3 is 2.55 bits per heavy atom. The van der Waals surface area contributed by atoms with Crippen LogP contribution in [0.15, 0.2) is 48.0 Å². The molecule has 0 atom stereocenters. The Morgan fingerprint density at radius 1 is 1.06 bits per heavy atom. The van der Waals surface area contributed by atoms with Crippen LogP contribution in [0.5, 0.6) is 23.0 Å². The predicted octanol–water partition coefficient (Wildman–Crippen LogP) is 4.39. The molecule has 168 valence electrons. The van der Waals surface area contributed by atoms with Gasteiger partial charge in [0.15, 0.2) is 23.0 Å². The van der Waals surface area contributed by atoms with Gasteiger partial charge in [0.2, 0.25) is 6.79 Å². The van der Waals surface area contributed by atoms with Gasteiger partial charge in [-0.1, -0.05) is 0 Å². The Bertz CT molecular complexity index is 1300. The van der Waals surface area contributed by atoms with Crippen LogP contribution < -0.4 is 24.3 Å². The molecule has 0 bridgehead atoms. The second-order valence-corrected chi connectivity index (χ2v) is 7.39. The second kappa shape index (κ2) is 9.01. The summed E-state index contributed by atoms with van der Waals surface area (Å²) in [5.41, 5.74) is 3.99. The number of hydrogen-bond acceptors (Lipinski definition) is 6. The molecule has 2 heterocycles. The van der Waals surface area contributed by atoms with E-state index in [0.717, 1.165) is 22.6 Å². The molecule has 8 heteroatoms. The third-order valence-corrected chi connectivity index (χ3v) is 5.39. The third-order valence-electron chi connectivity index (χ3n) is 5.39. The highest BCUT2D eigenvalue weighted by Crippen LogP contribution is 2.35. The van der Waals surface area contributed by atoms with Gasteiger partial charge in [-0.05, 0) is 55.8 Å². The molecule has 0 fully saturated rings. The van der Waals surface area contributed by atoms with Gasteiger partial charge in [-0.3, -0.25) is 4.79 Å². The van der Waals surface area contributed by atoms with E-state index in [2.05, 4.69) is 5.32 Å². The fraction of sp³-hybridized carbons (Fsp3) is 0.200. The topological polar surface area (TPSA) is 94.7 Å². The summed E-state index contributed by atoms with van der Waals surface area (Å²) in [5.74, 6) is 1.90. The van der Waals surface area contributed by atoms with Gasteiger partial charge in [0.25, 0.3) is 5.91 Å². The summed E-state index contributed by atoms with van der Waals surface area (Å²) < 4.78 is 23.4. The van der Waals surface area contributed by atoms with Gasteiger partial charge < -0.3 is 28.8 Å². The van der Waals surface area contributed by atoms with Crippen molar-refractivity contribution in [2.75, 3.05) is 26.3 Å². The fourth-order valence-corrected chi connectivity index (χ4v) is 3.77. The van der Waals surface area contributed by atoms with Crippen LogP contribution in [0.1, 0.15) is 17.0 Å². The van der Waals surface area contributed by atoms with Crippen molar-refractivity contribution in [3.8, 4) is 34.8 Å². The highest BCUT2D eigenvalue weighted by atomic mass is 16.7. The van der Waals surface area contributed by atoms with Crippen molar-refractivity contribution in [1.29, 1.82) is 5.26 Å². The molecule has 4 rings (SSSR count). The van der Waals surface area contributed by atoms with E-state index in [0.29, 0.717) is 28.7 Å². The average molecular weight is 445 g/mol. The van der Waals surface area contributed by atoms with Crippen LogP contribution in [-0.2, 0) is 4.79 Å². The molecule has 2 aromatic carbocycles. The summed E-state index contributed by atoms with van der Waals surface area (Å²) in [4.78, 5) is 12.8. The van der Waals surface area contributed by atoms with Crippen molar-refractivity contribution >= 4 is 17.7 Å². The summed E-state index contributed by atoms with van der Waals surface area (Å²) in [6.07, 6.45) is 1.59. The molecule has 0 radical (unpaired) electrons. The van der Waals surface area contributed by atoms with Crippen molar-refractivity contribution in [1.82, 2.24) is 4.57 Å². The lowest BCUT2D eigenvalue weighted by atomic mass is 10.1. The van der Waals surface area contributed by atoms with E-state index in [9.17, 15) is 10.1 Å². The van der Waals surface area contributed by atoms with E-state index >= 15 is 0 Å². The van der Waals surface area contributed by atoms with Gasteiger partial charge >= 0.3 is 0 Å². The number of nitrogens with one attached hydrogen (secondary N) is 1. The van der Waals surface area contributed by atoms with Gasteiger partial charge in [0, 0.05) is 34.9 Å². The smallest absolute Gasteiger partial charge is 0.266 e. The first kappa shape index (κ1) is 21.8. The number of anilines is 1. The lowest BCUT2D eigenvalue weighted by Gasteiger charge is -2.11. The number of aryl methyl sites for hydroxylation is 1. The van der Waals surface area contributed by atoms with E-state index in [1.807, 2.05) is 48.7 Å². The third kappa shape index (κ3) is 4.21. The zero-order valence-electron chi connectivity index (χ0n) is 18.8. The molecule has 0 unspecified atom stereocenters. The monoisotopic (exact) mass is 445 g/mol. The summed E-state index contributed by atoms with van der Waals surface area (Å²) in [6.45, 7) is 4.10. The number of rotatable bonds is 6. The molecule has 8 nitrogen and oxygen atoms in total. The number of nitriles is 1. The van der Waals surface area contributed by atoms with Crippen molar-refractivity contribution in [3.05, 3.63) is 65.0 Å². The number of methoxy groups -OCH3 is 2. The van der Waals surface area contributed by atoms with E-state index in [1.54, 1.807) is 24.3 Å². The van der Waals surface area contributed by atoms with Gasteiger partial charge in [-0.15, -0.1) is 0 Å². The van der Waals surface area contributed by atoms with E-state index < -0.39 is 5.91 Å². The first-order valence-corrected chi connectivity index (χ1v) is 10.2. The first-order chi connectivity index (χ1) is 15.9. The van der Waals surface area contributed by atoms with Crippen LogP contribution >= 0.6 is 0 Å². The molecule has 3 aromatic rings. The molecule has 1 aliphatic rings. The molecule has 1 N–H and O–H groups in total. The SMILES string of the molecule is COc1ccc(NC(=O)/C(C#N)=C/c2cc(C)n(-c3ccc4c(c3)OCO4)c2C)cc1OC. The zero-order chi connectivity index (χ0) is 23.5. The number of aromatic nitrogens is 1. The largest absolute Gasteiger partial charge is 0.493 e. The number of hydrogen-bond donors (Lipinski definition) is 1. The quantitative estimate of drug-likeness (QED) is 0.447. The van der Waals surface area contributed by atoms with Crippen LogP contribution in [0.2, 0.25) is 0 Å². The van der Waals surface area contributed by atoms with Gasteiger partial charge in [-0.25, -0.2) is 0 Å². The van der Waals surface area contributed by atoms with E-state index in [-0.39, 0.29) is 12.4 Å². The number of nitrogens with zero attached hydrogens (tertiary/aromatic N) is 2. The van der Waals surface area contributed by atoms with Crippen LogP contribution in [0, 0.1) is 25.2 Å². The molecule has 1 aromatic heterocycles. The molecule has 33 heavy (non-hydrogen) atoms. The van der Waals surface area contributed by atoms with Crippen LogP contribution in [0.4, 0.5) is 5.69 Å². The number of benzene rings is 2.